The molecule has 0 rings (SSSR count). The molecule has 0 unspecified atom stereocenters. The lowest BCUT2D eigenvalue weighted by molar-refractivity contribution is -0.167. The van der Waals surface area contributed by atoms with Crippen molar-refractivity contribution in [2.45, 2.75) is 245 Å². The van der Waals surface area contributed by atoms with Crippen LogP contribution in [0.3, 0.4) is 0 Å². The first-order valence-corrected chi connectivity index (χ1v) is 28.7. The monoisotopic (exact) mass is 981 g/mol. The van der Waals surface area contributed by atoms with Gasteiger partial charge < -0.3 is 14.2 Å². The fraction of sp³-hybridized carbons (Fsp3) is 0.615. The normalized spacial score (nSPS) is 13.1. The number of esters is 3. The Bertz CT molecular complexity index is 1550. The summed E-state index contributed by atoms with van der Waals surface area (Å²) >= 11 is 0. The molecule has 0 fully saturated rings. The van der Waals surface area contributed by atoms with Gasteiger partial charge in [0.25, 0.3) is 0 Å². The van der Waals surface area contributed by atoms with Crippen molar-refractivity contribution in [1.82, 2.24) is 0 Å². The maximum absolute atomic E-state index is 12.8. The Labute approximate surface area is 436 Å². The maximum atomic E-state index is 12.8. The van der Waals surface area contributed by atoms with Gasteiger partial charge in [0.05, 0.1) is 0 Å². The van der Waals surface area contributed by atoms with E-state index in [1.165, 1.54) is 96.3 Å². The average molecular weight is 982 g/mol. The first-order valence-electron chi connectivity index (χ1n) is 28.7. The second kappa shape index (κ2) is 58.1. The van der Waals surface area contributed by atoms with E-state index >= 15 is 0 Å². The van der Waals surface area contributed by atoms with Crippen LogP contribution >= 0.6 is 0 Å². The highest BCUT2D eigenvalue weighted by Gasteiger charge is 2.19. The smallest absolute Gasteiger partial charge is 0.306 e. The minimum absolute atomic E-state index is 0.124. The van der Waals surface area contributed by atoms with E-state index in [1.54, 1.807) is 0 Å². The van der Waals surface area contributed by atoms with Crippen LogP contribution in [-0.2, 0) is 28.6 Å². The third-order valence-electron chi connectivity index (χ3n) is 11.6. The molecule has 6 heteroatoms. The van der Waals surface area contributed by atoms with Crippen LogP contribution in [-0.4, -0.2) is 37.2 Å². The summed E-state index contributed by atoms with van der Waals surface area (Å²) in [7, 11) is 0. The van der Waals surface area contributed by atoms with Gasteiger partial charge in [-0.05, 0) is 128 Å². The lowest BCUT2D eigenvalue weighted by Crippen LogP contribution is -2.30. The van der Waals surface area contributed by atoms with Crippen molar-refractivity contribution in [2.75, 3.05) is 13.2 Å². The molecule has 71 heavy (non-hydrogen) atoms. The molecule has 0 radical (unpaired) electrons. The van der Waals surface area contributed by atoms with Crippen LogP contribution in [0.25, 0.3) is 0 Å². The molecule has 6 nitrogen and oxygen atoms in total. The largest absolute Gasteiger partial charge is 0.462 e. The summed E-state index contributed by atoms with van der Waals surface area (Å²) in [6.45, 7) is 6.37. The number of unbranched alkanes of at least 4 members (excludes halogenated alkanes) is 17. The quantitative estimate of drug-likeness (QED) is 0.0262. The summed E-state index contributed by atoms with van der Waals surface area (Å²) in [5.74, 6) is -1.05. The van der Waals surface area contributed by atoms with Crippen LogP contribution < -0.4 is 0 Å². The lowest BCUT2D eigenvalue weighted by Gasteiger charge is -2.18. The van der Waals surface area contributed by atoms with Crippen LogP contribution in [0.15, 0.2) is 134 Å². The fourth-order valence-corrected chi connectivity index (χ4v) is 7.32. The summed E-state index contributed by atoms with van der Waals surface area (Å²) in [5.41, 5.74) is 0. The number of hydrogen-bond acceptors (Lipinski definition) is 6. The maximum Gasteiger partial charge on any atom is 0.306 e. The number of ether oxygens (including phenoxy) is 3. The summed E-state index contributed by atoms with van der Waals surface area (Å²) in [5, 5.41) is 0. The summed E-state index contributed by atoms with van der Waals surface area (Å²) in [6, 6.07) is 0. The van der Waals surface area contributed by atoms with Crippen molar-refractivity contribution in [2.24, 2.45) is 0 Å². The second-order valence-electron chi connectivity index (χ2n) is 18.5. The number of hydrogen-bond donors (Lipinski definition) is 0. The molecule has 0 saturated carbocycles. The lowest BCUT2D eigenvalue weighted by atomic mass is 10.1. The Morgan fingerprint density at radius 2 is 0.563 bits per heavy atom. The number of carbonyl (C=O) groups is 3. The van der Waals surface area contributed by atoms with Crippen molar-refractivity contribution in [3.63, 3.8) is 0 Å². The van der Waals surface area contributed by atoms with Crippen LogP contribution in [0, 0.1) is 0 Å². The molecule has 0 saturated heterocycles. The van der Waals surface area contributed by atoms with Crippen molar-refractivity contribution in [3.05, 3.63) is 134 Å². The van der Waals surface area contributed by atoms with E-state index in [4.69, 9.17) is 14.2 Å². The van der Waals surface area contributed by atoms with Gasteiger partial charge in [0.2, 0.25) is 0 Å². The predicted octanol–water partition coefficient (Wildman–Crippen LogP) is 19.4. The molecule has 0 spiro atoms. The number of allylic oxidation sites excluding steroid dienone is 22. The molecule has 0 amide bonds. The van der Waals surface area contributed by atoms with E-state index in [-0.39, 0.29) is 44.0 Å². The van der Waals surface area contributed by atoms with Crippen LogP contribution in [0.5, 0.6) is 0 Å². The second-order valence-corrected chi connectivity index (χ2v) is 18.5. The Kier molecular flexibility index (Phi) is 54.5. The van der Waals surface area contributed by atoms with Crippen molar-refractivity contribution < 1.29 is 28.6 Å². The molecule has 0 aliphatic rings. The Balaban J connectivity index is 4.57. The third kappa shape index (κ3) is 56.3. The zero-order chi connectivity index (χ0) is 51.4. The molecule has 1 atom stereocenters. The third-order valence-corrected chi connectivity index (χ3v) is 11.6. The van der Waals surface area contributed by atoms with Crippen LogP contribution in [0.2, 0.25) is 0 Å². The first-order chi connectivity index (χ1) is 35.0. The molecule has 0 aromatic heterocycles. The number of carbonyl (C=O) groups excluding carboxylic acids is 3. The van der Waals surface area contributed by atoms with Gasteiger partial charge >= 0.3 is 17.9 Å². The van der Waals surface area contributed by atoms with Gasteiger partial charge in [0, 0.05) is 19.3 Å². The Morgan fingerprint density at radius 1 is 0.296 bits per heavy atom. The van der Waals surface area contributed by atoms with Gasteiger partial charge in [0.15, 0.2) is 6.10 Å². The molecule has 400 valence electrons. The van der Waals surface area contributed by atoms with E-state index in [1.807, 2.05) is 0 Å². The van der Waals surface area contributed by atoms with Crippen LogP contribution in [0.4, 0.5) is 0 Å². The number of rotatable bonds is 50. The van der Waals surface area contributed by atoms with Crippen molar-refractivity contribution in [1.29, 1.82) is 0 Å². The minimum Gasteiger partial charge on any atom is -0.462 e. The van der Waals surface area contributed by atoms with E-state index in [2.05, 4.69) is 154 Å². The van der Waals surface area contributed by atoms with E-state index < -0.39 is 6.10 Å². The van der Waals surface area contributed by atoms with Gasteiger partial charge in [-0.3, -0.25) is 14.4 Å². The van der Waals surface area contributed by atoms with E-state index in [0.29, 0.717) is 19.3 Å². The molecular weight excluding hydrogens is 877 g/mol. The first kappa shape index (κ1) is 66.6. The van der Waals surface area contributed by atoms with Crippen molar-refractivity contribution >= 4 is 17.9 Å². The molecule has 0 aliphatic carbocycles. The van der Waals surface area contributed by atoms with Crippen LogP contribution in [0.1, 0.15) is 239 Å². The molecular formula is C65H104O6. The van der Waals surface area contributed by atoms with Gasteiger partial charge in [-0.2, -0.15) is 0 Å². The highest BCUT2D eigenvalue weighted by atomic mass is 16.6. The van der Waals surface area contributed by atoms with Crippen molar-refractivity contribution in [3.8, 4) is 0 Å². The van der Waals surface area contributed by atoms with Gasteiger partial charge in [-0.25, -0.2) is 0 Å². The molecule has 0 aromatic carbocycles. The zero-order valence-corrected chi connectivity index (χ0v) is 45.7. The topological polar surface area (TPSA) is 78.9 Å². The average Bonchev–Trinajstić information content (AvgIpc) is 3.37. The van der Waals surface area contributed by atoms with Gasteiger partial charge in [0.1, 0.15) is 13.2 Å². The van der Waals surface area contributed by atoms with E-state index in [0.717, 1.165) is 89.9 Å². The zero-order valence-electron chi connectivity index (χ0n) is 45.7. The van der Waals surface area contributed by atoms with E-state index in [9.17, 15) is 14.4 Å². The van der Waals surface area contributed by atoms with Gasteiger partial charge in [-0.1, -0.05) is 225 Å². The predicted molar refractivity (Wildman–Crippen MR) is 306 cm³/mol. The Hall–Kier alpha value is -4.45. The highest BCUT2D eigenvalue weighted by Crippen LogP contribution is 2.13. The summed E-state index contributed by atoms with van der Waals surface area (Å²) < 4.78 is 16.8. The highest BCUT2D eigenvalue weighted by molar-refractivity contribution is 5.71. The molecule has 0 aliphatic heterocycles. The SMILES string of the molecule is CC/C=C\C/C=C\C/C=C\C/C=C\C/C=C\CCCC(=O)O[C@@H](COC(=O)CCC/C=C\C/C=C\C/C=C\C/C=C\CCCCC)COC(=O)CCCCCCCCCCC/C=C\C/C=C\CCCCC. The Morgan fingerprint density at radius 3 is 0.915 bits per heavy atom. The fourth-order valence-electron chi connectivity index (χ4n) is 7.32. The summed E-state index contributed by atoms with van der Waals surface area (Å²) in [6.07, 6.45) is 81.6. The molecule has 0 N–H and O–H groups in total. The minimum atomic E-state index is -0.837. The summed E-state index contributed by atoms with van der Waals surface area (Å²) in [4.78, 5) is 38.1. The molecule has 0 aromatic rings. The standard InChI is InChI=1S/C65H104O6/c1-4-7-10-13-16-19-22-25-28-31-32-35-37-40-43-46-49-52-55-58-64(67)70-61-62(71-65(68)59-56-53-50-47-44-41-38-34-30-27-24-21-18-15-12-9-6-3)60-69-63(66)57-54-51-48-45-42-39-36-33-29-26-23-20-17-14-11-8-5-2/h9,12,16-21,25-30,36,38-39,41,45,47-48,50,62H,4-8,10-11,13-15,22-24,31-35,37,40,42-44,46,49,51-61H2,1-3H3/b12-9-,19-16-,20-17-,21-18-,28-25-,29-26-,30-27-,39-36-,41-38-,48-45-,50-47-/t62-/m0/s1. The molecule has 0 bridgehead atoms. The molecule has 0 heterocycles. The van der Waals surface area contributed by atoms with Gasteiger partial charge in [-0.15, -0.1) is 0 Å².